The average Bonchev–Trinajstić information content (AvgIpc) is 3.40. The first kappa shape index (κ1) is 37.2. The van der Waals surface area contributed by atoms with Crippen LogP contribution in [0, 0.1) is 0 Å². The zero-order valence-corrected chi connectivity index (χ0v) is 29.5. The highest BCUT2D eigenvalue weighted by molar-refractivity contribution is 6.30. The Kier molecular flexibility index (Phi) is 20.2. The highest BCUT2D eigenvalue weighted by Crippen LogP contribution is 2.40. The smallest absolute Gasteiger partial charge is 0.0687 e. The molecule has 248 valence electrons. The van der Waals surface area contributed by atoms with Crippen molar-refractivity contribution < 1.29 is 5.11 Å². The van der Waals surface area contributed by atoms with E-state index in [4.69, 9.17) is 11.6 Å². The summed E-state index contributed by atoms with van der Waals surface area (Å²) in [6, 6.07) is 10.7. The minimum Gasteiger partial charge on any atom is -0.392 e. The zero-order chi connectivity index (χ0) is 31.1. The molecule has 0 bridgehead atoms. The number of halogens is 1. The van der Waals surface area contributed by atoms with Gasteiger partial charge in [0.15, 0.2) is 0 Å². The maximum atomic E-state index is 10.2. The van der Waals surface area contributed by atoms with Crippen LogP contribution >= 0.6 is 11.6 Å². The molecular weight excluding hydrogens is 556 g/mol. The summed E-state index contributed by atoms with van der Waals surface area (Å²) in [4.78, 5) is 0. The second-order valence-electron chi connectivity index (χ2n) is 14.0. The Bertz CT molecular complexity index is 1010. The lowest BCUT2D eigenvalue weighted by Gasteiger charge is -2.13. The highest BCUT2D eigenvalue weighted by atomic mass is 35.5. The normalized spacial score (nSPS) is 12.2. The monoisotopic (exact) mass is 622 g/mol. The van der Waals surface area contributed by atoms with Gasteiger partial charge in [-0.1, -0.05) is 197 Å². The maximum absolute atomic E-state index is 10.2. The molecular formula is C42H67ClO. The zero-order valence-electron chi connectivity index (χ0n) is 28.7. The average molecular weight is 623 g/mol. The van der Waals surface area contributed by atoms with Gasteiger partial charge in [-0.25, -0.2) is 0 Å². The van der Waals surface area contributed by atoms with Gasteiger partial charge >= 0.3 is 0 Å². The van der Waals surface area contributed by atoms with Gasteiger partial charge in [-0.15, -0.1) is 0 Å². The summed E-state index contributed by atoms with van der Waals surface area (Å²) in [5.74, 6) is 0. The summed E-state index contributed by atoms with van der Waals surface area (Å²) >= 11 is 6.23. The Morgan fingerprint density at radius 1 is 0.523 bits per heavy atom. The predicted octanol–water partition coefficient (Wildman–Crippen LogP) is 14.1. The molecule has 1 nitrogen and oxygen atoms in total. The van der Waals surface area contributed by atoms with Crippen molar-refractivity contribution in [2.45, 2.75) is 193 Å². The number of hydrogen-bond acceptors (Lipinski definition) is 1. The quantitative estimate of drug-likeness (QED) is 0.0798. The van der Waals surface area contributed by atoms with E-state index in [0.717, 1.165) is 23.4 Å². The van der Waals surface area contributed by atoms with Crippen LogP contribution in [0.1, 0.15) is 196 Å². The van der Waals surface area contributed by atoms with Crippen molar-refractivity contribution in [1.82, 2.24) is 0 Å². The van der Waals surface area contributed by atoms with Crippen LogP contribution < -0.4 is 0 Å². The molecule has 1 aliphatic rings. The molecule has 44 heavy (non-hydrogen) atoms. The third-order valence-electron chi connectivity index (χ3n) is 10.2. The van der Waals surface area contributed by atoms with Crippen LogP contribution in [0.5, 0.6) is 0 Å². The van der Waals surface area contributed by atoms with Crippen molar-refractivity contribution in [1.29, 1.82) is 0 Å². The van der Waals surface area contributed by atoms with Crippen LogP contribution in [0.4, 0.5) is 0 Å². The highest BCUT2D eigenvalue weighted by Gasteiger charge is 2.22. The van der Waals surface area contributed by atoms with Gasteiger partial charge in [0.05, 0.1) is 6.61 Å². The summed E-state index contributed by atoms with van der Waals surface area (Å²) in [5.41, 5.74) is 7.68. The third-order valence-corrected chi connectivity index (χ3v) is 10.4. The molecule has 0 saturated carbocycles. The van der Waals surface area contributed by atoms with E-state index < -0.39 is 0 Å². The van der Waals surface area contributed by atoms with E-state index in [1.807, 2.05) is 6.07 Å². The fourth-order valence-electron chi connectivity index (χ4n) is 7.42. The number of unbranched alkanes of at least 4 members (excludes halogenated alkanes) is 25. The standard InChI is InChI=1S/C42H67ClO/c1-2-3-4-5-6-7-8-9-10-11-12-13-14-15-16-17-18-19-20-21-22-23-24-25-26-27-28-36-29-31-40-39-32-30-38(43)33-37(39)34-41(40)42(36)35-44/h29-33,44H,2-28,34-35H2,1H3. The lowest BCUT2D eigenvalue weighted by Crippen LogP contribution is -2.00. The van der Waals surface area contributed by atoms with Gasteiger partial charge in [0.1, 0.15) is 0 Å². The van der Waals surface area contributed by atoms with E-state index in [1.54, 1.807) is 0 Å². The van der Waals surface area contributed by atoms with Crippen LogP contribution in [0.3, 0.4) is 0 Å². The first-order valence-corrected chi connectivity index (χ1v) is 19.7. The Balaban J connectivity index is 1.05. The molecule has 2 aromatic carbocycles. The molecule has 0 spiro atoms. The molecule has 0 heterocycles. The molecule has 3 rings (SSSR count). The van der Waals surface area contributed by atoms with Crippen molar-refractivity contribution in [3.8, 4) is 11.1 Å². The number of aryl methyl sites for hydroxylation is 1. The number of benzene rings is 2. The molecule has 0 unspecified atom stereocenters. The van der Waals surface area contributed by atoms with Gasteiger partial charge in [-0.05, 0) is 64.8 Å². The van der Waals surface area contributed by atoms with Crippen molar-refractivity contribution >= 4 is 11.6 Å². The van der Waals surface area contributed by atoms with Gasteiger partial charge < -0.3 is 5.11 Å². The van der Waals surface area contributed by atoms with E-state index in [0.29, 0.717) is 0 Å². The molecule has 2 heteroatoms. The summed E-state index contributed by atoms with van der Waals surface area (Å²) in [5, 5.41) is 11.0. The fraction of sp³-hybridized carbons (Fsp3) is 0.714. The van der Waals surface area contributed by atoms with E-state index >= 15 is 0 Å². The number of aliphatic hydroxyl groups is 1. The molecule has 0 radical (unpaired) electrons. The molecule has 1 N–H and O–H groups in total. The maximum Gasteiger partial charge on any atom is 0.0687 e. The molecule has 0 atom stereocenters. The Hall–Kier alpha value is -1.31. The third kappa shape index (κ3) is 14.4. The van der Waals surface area contributed by atoms with Crippen LogP contribution in [0.2, 0.25) is 5.02 Å². The van der Waals surface area contributed by atoms with Crippen molar-refractivity contribution in [3.05, 3.63) is 57.6 Å². The fourth-order valence-corrected chi connectivity index (χ4v) is 7.61. The summed E-state index contributed by atoms with van der Waals surface area (Å²) in [7, 11) is 0. The van der Waals surface area contributed by atoms with Crippen LogP contribution in [-0.4, -0.2) is 5.11 Å². The summed E-state index contributed by atoms with van der Waals surface area (Å²) in [6.07, 6.45) is 39.2. The second-order valence-corrected chi connectivity index (χ2v) is 14.4. The van der Waals surface area contributed by atoms with Crippen molar-refractivity contribution in [3.63, 3.8) is 0 Å². The predicted molar refractivity (Wildman–Crippen MR) is 195 cm³/mol. The van der Waals surface area contributed by atoms with Crippen LogP contribution in [0.25, 0.3) is 11.1 Å². The van der Waals surface area contributed by atoms with Gasteiger partial charge in [-0.3, -0.25) is 0 Å². The molecule has 0 aliphatic heterocycles. The number of aliphatic hydroxyl groups excluding tert-OH is 1. The SMILES string of the molecule is CCCCCCCCCCCCCCCCCCCCCCCCCCCCc1ccc2c(c1CO)Cc1cc(Cl)ccc1-2. The van der Waals surface area contributed by atoms with Gasteiger partial charge in [-0.2, -0.15) is 0 Å². The molecule has 0 amide bonds. The lowest BCUT2D eigenvalue weighted by atomic mass is 9.93. The van der Waals surface area contributed by atoms with E-state index in [1.165, 1.54) is 195 Å². The first-order chi connectivity index (χ1) is 21.7. The Morgan fingerprint density at radius 2 is 0.932 bits per heavy atom. The van der Waals surface area contributed by atoms with Crippen LogP contribution in [-0.2, 0) is 19.4 Å². The van der Waals surface area contributed by atoms with E-state index in [9.17, 15) is 5.11 Å². The summed E-state index contributed by atoms with van der Waals surface area (Å²) in [6.45, 7) is 2.44. The number of hydrogen-bond donors (Lipinski definition) is 1. The number of rotatable bonds is 28. The molecule has 2 aromatic rings. The second kappa shape index (κ2) is 23.9. The Morgan fingerprint density at radius 3 is 1.36 bits per heavy atom. The first-order valence-electron chi connectivity index (χ1n) is 19.3. The minimum atomic E-state index is 0.139. The van der Waals surface area contributed by atoms with Gasteiger partial charge in [0.25, 0.3) is 0 Å². The topological polar surface area (TPSA) is 20.2 Å². The summed E-state index contributed by atoms with van der Waals surface area (Å²) < 4.78 is 0. The van der Waals surface area contributed by atoms with Crippen molar-refractivity contribution in [2.75, 3.05) is 0 Å². The molecule has 0 fully saturated rings. The molecule has 0 aromatic heterocycles. The van der Waals surface area contributed by atoms with E-state index in [2.05, 4.69) is 31.2 Å². The minimum absolute atomic E-state index is 0.139. The lowest BCUT2D eigenvalue weighted by molar-refractivity contribution is 0.279. The number of fused-ring (bicyclic) bond motifs is 3. The molecule has 0 saturated heterocycles. The van der Waals surface area contributed by atoms with E-state index in [-0.39, 0.29) is 6.61 Å². The Labute approximate surface area is 278 Å². The van der Waals surface area contributed by atoms with Gasteiger partial charge in [0, 0.05) is 5.02 Å². The van der Waals surface area contributed by atoms with Gasteiger partial charge in [0.2, 0.25) is 0 Å². The van der Waals surface area contributed by atoms with Crippen LogP contribution in [0.15, 0.2) is 30.3 Å². The molecule has 1 aliphatic carbocycles. The van der Waals surface area contributed by atoms with Crippen molar-refractivity contribution in [2.24, 2.45) is 0 Å². The largest absolute Gasteiger partial charge is 0.392 e.